The van der Waals surface area contributed by atoms with Gasteiger partial charge in [0, 0.05) is 12.8 Å². The number of hydrogen-bond acceptors (Lipinski definition) is 5. The first-order valence-electron chi connectivity index (χ1n) is 6.41. The number of hydrogen-bond donors (Lipinski definition) is 2. The van der Waals surface area contributed by atoms with Crippen LogP contribution < -0.4 is 5.73 Å². The second-order valence-electron chi connectivity index (χ2n) is 4.86. The molecule has 1 aromatic heterocycles. The maximum absolute atomic E-state index is 11.2. The maximum Gasteiger partial charge on any atom is 0.147 e. The molecule has 0 saturated heterocycles. The van der Waals surface area contributed by atoms with Gasteiger partial charge in [0.25, 0.3) is 0 Å². The van der Waals surface area contributed by atoms with Gasteiger partial charge in [0.1, 0.15) is 15.7 Å². The van der Waals surface area contributed by atoms with E-state index in [0.29, 0.717) is 18.8 Å². The van der Waals surface area contributed by atoms with E-state index in [1.54, 1.807) is 0 Å². The molecule has 0 radical (unpaired) electrons. The van der Waals surface area contributed by atoms with E-state index < -0.39 is 15.9 Å². The van der Waals surface area contributed by atoms with Gasteiger partial charge < -0.3 is 15.4 Å². The van der Waals surface area contributed by atoms with Crippen molar-refractivity contribution < 1.29 is 13.5 Å². The van der Waals surface area contributed by atoms with Crippen molar-refractivity contribution in [1.29, 1.82) is 0 Å². The van der Waals surface area contributed by atoms with Gasteiger partial charge in [-0.1, -0.05) is 12.1 Å². The Morgan fingerprint density at radius 2 is 2.10 bits per heavy atom. The molecule has 2 aromatic rings. The molecule has 0 aliphatic rings. The van der Waals surface area contributed by atoms with Crippen molar-refractivity contribution >= 4 is 20.9 Å². The van der Waals surface area contributed by atoms with Crippen molar-refractivity contribution in [3.05, 3.63) is 30.1 Å². The van der Waals surface area contributed by atoms with Crippen LogP contribution in [0.3, 0.4) is 0 Å². The lowest BCUT2D eigenvalue weighted by Crippen LogP contribution is -2.20. The van der Waals surface area contributed by atoms with Crippen molar-refractivity contribution in [3.63, 3.8) is 0 Å². The Bertz CT molecular complexity index is 694. The van der Waals surface area contributed by atoms with Gasteiger partial charge in [-0.15, -0.1) is 0 Å². The summed E-state index contributed by atoms with van der Waals surface area (Å²) in [6.07, 6.45) is 1.50. The molecule has 20 heavy (non-hydrogen) atoms. The molecule has 7 heteroatoms. The molecule has 0 aliphatic heterocycles. The first-order chi connectivity index (χ1) is 9.42. The summed E-state index contributed by atoms with van der Waals surface area (Å²) < 4.78 is 24.3. The minimum Gasteiger partial charge on any atom is -0.395 e. The van der Waals surface area contributed by atoms with Crippen LogP contribution in [0.4, 0.5) is 0 Å². The fourth-order valence-electron chi connectivity index (χ4n) is 2.18. The SMILES string of the molecule is CS(=O)(=O)CCC(N)c1nc2ccccc2n1CCO. The molecule has 6 nitrogen and oxygen atoms in total. The second kappa shape index (κ2) is 5.90. The van der Waals surface area contributed by atoms with E-state index in [9.17, 15) is 13.5 Å². The molecule has 0 saturated carbocycles. The Morgan fingerprint density at radius 3 is 2.75 bits per heavy atom. The van der Waals surface area contributed by atoms with Gasteiger partial charge in [-0.3, -0.25) is 0 Å². The summed E-state index contributed by atoms with van der Waals surface area (Å²) in [4.78, 5) is 4.46. The molecule has 3 N–H and O–H groups in total. The first-order valence-corrected chi connectivity index (χ1v) is 8.48. The van der Waals surface area contributed by atoms with Crippen molar-refractivity contribution in [2.75, 3.05) is 18.6 Å². The van der Waals surface area contributed by atoms with Gasteiger partial charge in [0.2, 0.25) is 0 Å². The Kier molecular flexibility index (Phi) is 4.42. The number of aliphatic hydroxyl groups excluding tert-OH is 1. The Hall–Kier alpha value is -1.44. The minimum atomic E-state index is -3.05. The lowest BCUT2D eigenvalue weighted by Gasteiger charge is -2.13. The number of fused-ring (bicyclic) bond motifs is 1. The number of imidazole rings is 1. The number of rotatable bonds is 6. The third kappa shape index (κ3) is 3.36. The smallest absolute Gasteiger partial charge is 0.147 e. The van der Waals surface area contributed by atoms with Gasteiger partial charge in [-0.05, 0) is 18.6 Å². The van der Waals surface area contributed by atoms with Gasteiger partial charge in [-0.2, -0.15) is 0 Å². The number of sulfone groups is 1. The highest BCUT2D eigenvalue weighted by molar-refractivity contribution is 7.90. The monoisotopic (exact) mass is 297 g/mol. The quantitative estimate of drug-likeness (QED) is 0.807. The highest BCUT2D eigenvalue weighted by atomic mass is 32.2. The number of aromatic nitrogens is 2. The van der Waals surface area contributed by atoms with Crippen molar-refractivity contribution in [2.24, 2.45) is 5.73 Å². The number of para-hydroxylation sites is 2. The molecule has 1 heterocycles. The molecule has 1 atom stereocenters. The van der Waals surface area contributed by atoms with Crippen LogP contribution >= 0.6 is 0 Å². The second-order valence-corrected chi connectivity index (χ2v) is 7.12. The maximum atomic E-state index is 11.2. The predicted molar refractivity (Wildman–Crippen MR) is 78.1 cm³/mol. The number of aliphatic hydroxyl groups is 1. The van der Waals surface area contributed by atoms with Crippen LogP contribution in [0.25, 0.3) is 11.0 Å². The summed E-state index contributed by atoms with van der Waals surface area (Å²) in [5.74, 6) is 0.639. The number of nitrogens with zero attached hydrogens (tertiary/aromatic N) is 2. The molecule has 0 amide bonds. The zero-order chi connectivity index (χ0) is 14.8. The fourth-order valence-corrected chi connectivity index (χ4v) is 2.86. The van der Waals surface area contributed by atoms with E-state index >= 15 is 0 Å². The number of benzene rings is 1. The van der Waals surface area contributed by atoms with Crippen LogP contribution in [0.1, 0.15) is 18.3 Å². The molecule has 2 rings (SSSR count). The molecule has 0 aliphatic carbocycles. The van der Waals surface area contributed by atoms with Gasteiger partial charge >= 0.3 is 0 Å². The molecule has 1 unspecified atom stereocenters. The largest absolute Gasteiger partial charge is 0.395 e. The van der Waals surface area contributed by atoms with Crippen LogP contribution in [0, 0.1) is 0 Å². The topological polar surface area (TPSA) is 98.2 Å². The summed E-state index contributed by atoms with van der Waals surface area (Å²) >= 11 is 0. The normalized spacial score (nSPS) is 13.8. The fraction of sp³-hybridized carbons (Fsp3) is 0.462. The van der Waals surface area contributed by atoms with Crippen LogP contribution in [0.5, 0.6) is 0 Å². The standard InChI is InChI=1S/C13H19N3O3S/c1-20(18,19)9-6-10(14)13-15-11-4-2-3-5-12(11)16(13)7-8-17/h2-5,10,17H,6-9,14H2,1H3. The molecular formula is C13H19N3O3S. The molecular weight excluding hydrogens is 278 g/mol. The summed E-state index contributed by atoms with van der Waals surface area (Å²) in [5, 5.41) is 9.18. The van der Waals surface area contributed by atoms with E-state index in [1.165, 1.54) is 6.26 Å². The summed E-state index contributed by atoms with van der Waals surface area (Å²) in [6, 6.07) is 7.08. The molecule has 0 spiro atoms. The summed E-state index contributed by atoms with van der Waals surface area (Å²) in [5.41, 5.74) is 7.76. The minimum absolute atomic E-state index is 0.0217. The zero-order valence-electron chi connectivity index (χ0n) is 11.4. The highest BCUT2D eigenvalue weighted by Crippen LogP contribution is 2.21. The lowest BCUT2D eigenvalue weighted by molar-refractivity contribution is 0.275. The average Bonchev–Trinajstić information content (AvgIpc) is 2.75. The molecule has 0 bridgehead atoms. The Labute approximate surface area is 118 Å². The lowest BCUT2D eigenvalue weighted by atomic mass is 10.2. The molecule has 1 aromatic carbocycles. The van der Waals surface area contributed by atoms with E-state index in [2.05, 4.69) is 4.98 Å². The third-order valence-electron chi connectivity index (χ3n) is 3.14. The van der Waals surface area contributed by atoms with E-state index in [1.807, 2.05) is 28.8 Å². The Morgan fingerprint density at radius 1 is 1.40 bits per heavy atom. The van der Waals surface area contributed by atoms with Crippen molar-refractivity contribution in [3.8, 4) is 0 Å². The van der Waals surface area contributed by atoms with E-state index in [4.69, 9.17) is 5.73 Å². The van der Waals surface area contributed by atoms with Crippen LogP contribution in [-0.4, -0.2) is 41.7 Å². The first kappa shape index (κ1) is 15.0. The van der Waals surface area contributed by atoms with Gasteiger partial charge in [0.05, 0.1) is 29.4 Å². The van der Waals surface area contributed by atoms with Gasteiger partial charge in [-0.25, -0.2) is 13.4 Å². The molecule has 0 fully saturated rings. The summed E-state index contributed by atoms with van der Waals surface area (Å²) in [6.45, 7) is 0.370. The van der Waals surface area contributed by atoms with Crippen LogP contribution in [0.15, 0.2) is 24.3 Å². The highest BCUT2D eigenvalue weighted by Gasteiger charge is 2.18. The van der Waals surface area contributed by atoms with E-state index in [0.717, 1.165) is 11.0 Å². The van der Waals surface area contributed by atoms with Gasteiger partial charge in [0.15, 0.2) is 0 Å². The predicted octanol–water partition coefficient (Wildman–Crippen LogP) is 0.463. The zero-order valence-corrected chi connectivity index (χ0v) is 12.2. The Balaban J connectivity index is 2.34. The summed E-state index contributed by atoms with van der Waals surface area (Å²) in [7, 11) is -3.05. The number of nitrogens with two attached hydrogens (primary N) is 1. The average molecular weight is 297 g/mol. The van der Waals surface area contributed by atoms with Crippen molar-refractivity contribution in [1.82, 2.24) is 9.55 Å². The van der Waals surface area contributed by atoms with Crippen LogP contribution in [-0.2, 0) is 16.4 Å². The van der Waals surface area contributed by atoms with E-state index in [-0.39, 0.29) is 12.4 Å². The van der Waals surface area contributed by atoms with Crippen LogP contribution in [0.2, 0.25) is 0 Å². The molecule has 110 valence electrons. The van der Waals surface area contributed by atoms with Crippen molar-refractivity contribution in [2.45, 2.75) is 19.0 Å². The third-order valence-corrected chi connectivity index (χ3v) is 4.12.